The highest BCUT2D eigenvalue weighted by atomic mass is 16.3. The second-order valence-corrected chi connectivity index (χ2v) is 4.99. The molecule has 22 heavy (non-hydrogen) atoms. The van der Waals surface area contributed by atoms with E-state index in [1.165, 1.54) is 0 Å². The summed E-state index contributed by atoms with van der Waals surface area (Å²) in [5, 5.41) is 10.4. The Labute approximate surface area is 128 Å². The van der Waals surface area contributed by atoms with E-state index in [4.69, 9.17) is 5.73 Å². The molecule has 0 saturated heterocycles. The fraction of sp³-hybridized carbons (Fsp3) is 0. The number of aromatic hydroxyl groups is 1. The number of anilines is 1. The minimum Gasteiger partial charge on any atom is -0.505 e. The smallest absolute Gasteiger partial charge is 0.193 e. The topological polar surface area (TPSA) is 63.3 Å². The largest absolute Gasteiger partial charge is 0.505 e. The van der Waals surface area contributed by atoms with Crippen LogP contribution >= 0.6 is 0 Å². The van der Waals surface area contributed by atoms with E-state index in [1.807, 2.05) is 48.5 Å². The van der Waals surface area contributed by atoms with E-state index in [1.54, 1.807) is 24.3 Å². The van der Waals surface area contributed by atoms with Crippen LogP contribution in [0.3, 0.4) is 0 Å². The van der Waals surface area contributed by atoms with Crippen molar-refractivity contribution < 1.29 is 9.90 Å². The number of phenols is 1. The van der Waals surface area contributed by atoms with Crippen molar-refractivity contribution in [3.63, 3.8) is 0 Å². The zero-order valence-electron chi connectivity index (χ0n) is 11.9. The number of nitrogen functional groups attached to an aromatic ring is 1. The van der Waals surface area contributed by atoms with Gasteiger partial charge in [-0.1, -0.05) is 60.7 Å². The second-order valence-electron chi connectivity index (χ2n) is 4.99. The summed E-state index contributed by atoms with van der Waals surface area (Å²) in [4.78, 5) is 12.8. The normalized spacial score (nSPS) is 10.4. The van der Waals surface area contributed by atoms with E-state index in [0.717, 1.165) is 5.56 Å². The van der Waals surface area contributed by atoms with Gasteiger partial charge in [-0.05, 0) is 17.7 Å². The van der Waals surface area contributed by atoms with Crippen LogP contribution in [0.1, 0.15) is 15.9 Å². The van der Waals surface area contributed by atoms with Crippen molar-refractivity contribution in [2.24, 2.45) is 0 Å². The Kier molecular flexibility index (Phi) is 3.62. The van der Waals surface area contributed by atoms with Crippen LogP contribution in [0.4, 0.5) is 5.69 Å². The Hall–Kier alpha value is -3.07. The first-order chi connectivity index (χ1) is 10.7. The number of carbonyl (C=O) groups excluding carboxylic acids is 1. The van der Waals surface area contributed by atoms with Gasteiger partial charge in [-0.25, -0.2) is 0 Å². The summed E-state index contributed by atoms with van der Waals surface area (Å²) < 4.78 is 0. The molecule has 0 atom stereocenters. The van der Waals surface area contributed by atoms with Crippen LogP contribution in [0, 0.1) is 0 Å². The molecule has 3 aromatic carbocycles. The third-order valence-corrected chi connectivity index (χ3v) is 3.55. The molecule has 0 spiro atoms. The van der Waals surface area contributed by atoms with Crippen molar-refractivity contribution in [2.45, 2.75) is 0 Å². The highest BCUT2D eigenvalue weighted by Gasteiger charge is 2.19. The molecule has 3 rings (SSSR count). The number of ketones is 1. The fourth-order valence-electron chi connectivity index (χ4n) is 2.44. The number of hydrogen-bond acceptors (Lipinski definition) is 3. The molecule has 108 valence electrons. The fourth-order valence-corrected chi connectivity index (χ4v) is 2.44. The quantitative estimate of drug-likeness (QED) is 0.437. The van der Waals surface area contributed by atoms with E-state index < -0.39 is 0 Å². The lowest BCUT2D eigenvalue weighted by Crippen LogP contribution is -2.04. The summed E-state index contributed by atoms with van der Waals surface area (Å²) >= 11 is 0. The Morgan fingerprint density at radius 1 is 0.818 bits per heavy atom. The van der Waals surface area contributed by atoms with Crippen LogP contribution in [0.5, 0.6) is 5.75 Å². The van der Waals surface area contributed by atoms with Gasteiger partial charge in [0.15, 0.2) is 5.78 Å². The summed E-state index contributed by atoms with van der Waals surface area (Å²) in [6.07, 6.45) is 0. The molecule has 0 saturated carbocycles. The first-order valence-electron chi connectivity index (χ1n) is 6.95. The molecule has 0 unspecified atom stereocenters. The van der Waals surface area contributed by atoms with E-state index in [9.17, 15) is 9.90 Å². The summed E-state index contributed by atoms with van der Waals surface area (Å²) in [5.41, 5.74) is 8.29. The molecular formula is C19H15NO2. The molecule has 0 bridgehead atoms. The molecule has 0 heterocycles. The molecule has 0 aliphatic carbocycles. The maximum atomic E-state index is 12.8. The number of nitrogens with two attached hydrogens (primary N) is 1. The van der Waals surface area contributed by atoms with Gasteiger partial charge in [-0.2, -0.15) is 0 Å². The molecule has 0 radical (unpaired) electrons. The SMILES string of the molecule is Nc1ccc(C(=O)c2ccccc2)c(-c2ccccc2)c1O. The second kappa shape index (κ2) is 5.74. The van der Waals surface area contributed by atoms with Gasteiger partial charge in [0, 0.05) is 16.7 Å². The number of benzene rings is 3. The van der Waals surface area contributed by atoms with Crippen molar-refractivity contribution in [2.75, 3.05) is 5.73 Å². The first-order valence-corrected chi connectivity index (χ1v) is 6.95. The van der Waals surface area contributed by atoms with Gasteiger partial charge in [0.25, 0.3) is 0 Å². The summed E-state index contributed by atoms with van der Waals surface area (Å²) in [6.45, 7) is 0. The van der Waals surface area contributed by atoms with Crippen molar-refractivity contribution in [1.82, 2.24) is 0 Å². The van der Waals surface area contributed by atoms with Crippen LogP contribution in [0.2, 0.25) is 0 Å². The minimum atomic E-state index is -0.144. The van der Waals surface area contributed by atoms with E-state index in [2.05, 4.69) is 0 Å². The Morgan fingerprint density at radius 2 is 1.41 bits per heavy atom. The van der Waals surface area contributed by atoms with Gasteiger partial charge in [0.1, 0.15) is 5.75 Å². The average Bonchev–Trinajstić information content (AvgIpc) is 2.58. The Bertz CT molecular complexity index is 812. The number of hydrogen-bond donors (Lipinski definition) is 2. The van der Waals surface area contributed by atoms with Crippen molar-refractivity contribution in [3.8, 4) is 16.9 Å². The number of rotatable bonds is 3. The Balaban J connectivity index is 2.21. The molecule has 3 nitrogen and oxygen atoms in total. The maximum absolute atomic E-state index is 12.8. The maximum Gasteiger partial charge on any atom is 0.193 e. The van der Waals surface area contributed by atoms with Crippen LogP contribution in [0.15, 0.2) is 72.8 Å². The average molecular weight is 289 g/mol. The Morgan fingerprint density at radius 3 is 2.05 bits per heavy atom. The lowest BCUT2D eigenvalue weighted by Gasteiger charge is -2.13. The molecule has 3 N–H and O–H groups in total. The van der Waals surface area contributed by atoms with Gasteiger partial charge in [-0.3, -0.25) is 4.79 Å². The van der Waals surface area contributed by atoms with Gasteiger partial charge in [-0.15, -0.1) is 0 Å². The molecule has 0 aliphatic heterocycles. The number of carbonyl (C=O) groups is 1. The lowest BCUT2D eigenvalue weighted by atomic mass is 9.92. The van der Waals surface area contributed by atoms with Crippen LogP contribution in [0.25, 0.3) is 11.1 Å². The van der Waals surface area contributed by atoms with E-state index >= 15 is 0 Å². The van der Waals surface area contributed by atoms with Crippen LogP contribution < -0.4 is 5.73 Å². The standard InChI is InChI=1S/C19H15NO2/c20-16-12-11-15(18(21)14-9-5-2-6-10-14)17(19(16)22)13-7-3-1-4-8-13/h1-12,22H,20H2. The van der Waals surface area contributed by atoms with Gasteiger partial charge >= 0.3 is 0 Å². The van der Waals surface area contributed by atoms with Crippen molar-refractivity contribution in [3.05, 3.63) is 83.9 Å². The minimum absolute atomic E-state index is 0.0621. The van der Waals surface area contributed by atoms with Crippen LogP contribution in [-0.2, 0) is 0 Å². The summed E-state index contributed by atoms with van der Waals surface area (Å²) in [5.74, 6) is -0.206. The molecule has 3 heteroatoms. The monoisotopic (exact) mass is 289 g/mol. The third kappa shape index (κ3) is 2.44. The highest BCUT2D eigenvalue weighted by molar-refractivity contribution is 6.14. The zero-order valence-corrected chi connectivity index (χ0v) is 11.9. The zero-order chi connectivity index (χ0) is 15.5. The highest BCUT2D eigenvalue weighted by Crippen LogP contribution is 2.37. The molecule has 0 fully saturated rings. The summed E-state index contributed by atoms with van der Waals surface area (Å²) in [7, 11) is 0. The molecule has 3 aromatic rings. The summed E-state index contributed by atoms with van der Waals surface area (Å²) in [6, 6.07) is 21.5. The van der Waals surface area contributed by atoms with Gasteiger partial charge in [0.2, 0.25) is 0 Å². The van der Waals surface area contributed by atoms with Crippen molar-refractivity contribution in [1.29, 1.82) is 0 Å². The van der Waals surface area contributed by atoms with E-state index in [-0.39, 0.29) is 17.2 Å². The van der Waals surface area contributed by atoms with Crippen molar-refractivity contribution >= 4 is 11.5 Å². The predicted octanol–water partition coefficient (Wildman–Crippen LogP) is 3.87. The van der Waals surface area contributed by atoms with Gasteiger partial charge < -0.3 is 10.8 Å². The lowest BCUT2D eigenvalue weighted by molar-refractivity contribution is 0.103. The molecule has 0 amide bonds. The third-order valence-electron chi connectivity index (χ3n) is 3.55. The molecule has 0 aromatic heterocycles. The van der Waals surface area contributed by atoms with E-state index in [0.29, 0.717) is 16.7 Å². The molecule has 0 aliphatic rings. The first kappa shape index (κ1) is 13.9. The van der Waals surface area contributed by atoms with Gasteiger partial charge in [0.05, 0.1) is 5.69 Å². The van der Waals surface area contributed by atoms with Crippen LogP contribution in [-0.4, -0.2) is 10.9 Å². The predicted molar refractivity (Wildman–Crippen MR) is 87.8 cm³/mol. The molecular weight excluding hydrogens is 274 g/mol. The number of phenolic OH excluding ortho intramolecular Hbond substituents is 1.